The molecule has 4 aromatic rings. The zero-order chi connectivity index (χ0) is 23.2. The summed E-state index contributed by atoms with van der Waals surface area (Å²) < 4.78 is 7.13. The van der Waals surface area contributed by atoms with Gasteiger partial charge in [0.25, 0.3) is 0 Å². The molecular weight excluding hydrogens is 434 g/mol. The molecule has 0 aliphatic heterocycles. The van der Waals surface area contributed by atoms with Crippen LogP contribution in [0.25, 0.3) is 33.5 Å². The highest BCUT2D eigenvalue weighted by Crippen LogP contribution is 2.32. The second-order valence-corrected chi connectivity index (χ2v) is 8.64. The SMILES string of the molecule is CCn1c(SCC(=O)NC(C)COC)nnc1-c1cc(-c2ccccc2)nc2ccccc12. The maximum Gasteiger partial charge on any atom is 0.230 e. The number of rotatable bonds is 9. The highest BCUT2D eigenvalue weighted by atomic mass is 32.2. The molecule has 33 heavy (non-hydrogen) atoms. The van der Waals surface area contributed by atoms with E-state index in [0.717, 1.165) is 33.5 Å². The number of nitrogens with one attached hydrogen (secondary N) is 1. The van der Waals surface area contributed by atoms with Crippen molar-refractivity contribution < 1.29 is 9.53 Å². The Morgan fingerprint density at radius 1 is 1.12 bits per heavy atom. The minimum atomic E-state index is -0.0579. The zero-order valence-corrected chi connectivity index (χ0v) is 19.8. The molecule has 0 radical (unpaired) electrons. The van der Waals surface area contributed by atoms with Crippen LogP contribution in [0.4, 0.5) is 0 Å². The third-order valence-electron chi connectivity index (χ3n) is 5.22. The predicted molar refractivity (Wildman–Crippen MR) is 132 cm³/mol. The van der Waals surface area contributed by atoms with Crippen molar-refractivity contribution in [3.63, 3.8) is 0 Å². The van der Waals surface area contributed by atoms with Gasteiger partial charge in [0.15, 0.2) is 11.0 Å². The Morgan fingerprint density at radius 3 is 2.64 bits per heavy atom. The number of benzene rings is 2. The molecule has 0 bridgehead atoms. The van der Waals surface area contributed by atoms with Crippen LogP contribution in [0.3, 0.4) is 0 Å². The Bertz CT molecular complexity index is 1240. The van der Waals surface area contributed by atoms with E-state index in [0.29, 0.717) is 18.3 Å². The molecule has 4 rings (SSSR count). The van der Waals surface area contributed by atoms with Gasteiger partial charge < -0.3 is 14.6 Å². The molecule has 7 nitrogen and oxygen atoms in total. The van der Waals surface area contributed by atoms with Crippen LogP contribution in [0.15, 0.2) is 65.8 Å². The molecule has 0 fully saturated rings. The maximum atomic E-state index is 12.3. The summed E-state index contributed by atoms with van der Waals surface area (Å²) >= 11 is 1.38. The van der Waals surface area contributed by atoms with E-state index in [9.17, 15) is 4.79 Å². The normalized spacial score (nSPS) is 12.1. The van der Waals surface area contributed by atoms with Gasteiger partial charge in [0, 0.05) is 36.2 Å². The standard InChI is InChI=1S/C25H27N5O2S/c1-4-30-24(28-29-25(30)33-16-23(31)26-17(2)15-32-3)20-14-22(18-10-6-5-7-11-18)27-21-13-9-8-12-19(20)21/h5-14,17H,4,15-16H2,1-3H3,(H,26,31). The molecule has 1 N–H and O–H groups in total. The number of amides is 1. The topological polar surface area (TPSA) is 81.9 Å². The van der Waals surface area contributed by atoms with Gasteiger partial charge in [-0.05, 0) is 26.0 Å². The van der Waals surface area contributed by atoms with Gasteiger partial charge >= 0.3 is 0 Å². The lowest BCUT2D eigenvalue weighted by molar-refractivity contribution is -0.119. The molecular formula is C25H27N5O2S. The molecule has 0 saturated heterocycles. The molecule has 8 heteroatoms. The molecule has 1 atom stereocenters. The van der Waals surface area contributed by atoms with Gasteiger partial charge in [-0.3, -0.25) is 4.79 Å². The summed E-state index contributed by atoms with van der Waals surface area (Å²) in [6.07, 6.45) is 0. The van der Waals surface area contributed by atoms with E-state index < -0.39 is 0 Å². The van der Waals surface area contributed by atoms with Crippen LogP contribution in [0, 0.1) is 0 Å². The van der Waals surface area contributed by atoms with E-state index in [1.54, 1.807) is 7.11 Å². The van der Waals surface area contributed by atoms with Crippen molar-refractivity contribution in [1.29, 1.82) is 0 Å². The van der Waals surface area contributed by atoms with Gasteiger partial charge in [-0.15, -0.1) is 10.2 Å². The Hall–Kier alpha value is -3.23. The van der Waals surface area contributed by atoms with E-state index in [1.807, 2.05) is 47.9 Å². The molecule has 170 valence electrons. The average Bonchev–Trinajstić information content (AvgIpc) is 3.25. The van der Waals surface area contributed by atoms with E-state index in [4.69, 9.17) is 9.72 Å². The quantitative estimate of drug-likeness (QED) is 0.372. The molecule has 0 spiro atoms. The monoisotopic (exact) mass is 461 g/mol. The highest BCUT2D eigenvalue weighted by molar-refractivity contribution is 7.99. The summed E-state index contributed by atoms with van der Waals surface area (Å²) in [6, 6.07) is 20.2. The summed E-state index contributed by atoms with van der Waals surface area (Å²) in [5.74, 6) is 0.972. The Balaban J connectivity index is 1.67. The fraction of sp³-hybridized carbons (Fsp3) is 0.280. The number of methoxy groups -OCH3 is 1. The van der Waals surface area contributed by atoms with Crippen LogP contribution >= 0.6 is 11.8 Å². The number of carbonyl (C=O) groups is 1. The van der Waals surface area contributed by atoms with Gasteiger partial charge in [0.05, 0.1) is 23.6 Å². The molecule has 1 unspecified atom stereocenters. The molecule has 2 aromatic carbocycles. The smallest absolute Gasteiger partial charge is 0.230 e. The lowest BCUT2D eigenvalue weighted by Gasteiger charge is -2.13. The van der Waals surface area contributed by atoms with Gasteiger partial charge in [0.2, 0.25) is 5.91 Å². The minimum absolute atomic E-state index is 0.0395. The molecule has 2 aromatic heterocycles. The van der Waals surface area contributed by atoms with Crippen LogP contribution < -0.4 is 5.32 Å². The first-order valence-electron chi connectivity index (χ1n) is 10.9. The van der Waals surface area contributed by atoms with Gasteiger partial charge in [-0.25, -0.2) is 4.98 Å². The van der Waals surface area contributed by atoms with Gasteiger partial charge in [-0.2, -0.15) is 0 Å². The second kappa shape index (κ2) is 10.6. The summed E-state index contributed by atoms with van der Waals surface area (Å²) in [4.78, 5) is 17.2. The summed E-state index contributed by atoms with van der Waals surface area (Å²) in [5, 5.41) is 13.6. The number of fused-ring (bicyclic) bond motifs is 1. The number of aromatic nitrogens is 4. The first kappa shape index (κ1) is 22.9. The molecule has 2 heterocycles. The van der Waals surface area contributed by atoms with Crippen LogP contribution in [0.2, 0.25) is 0 Å². The first-order valence-corrected chi connectivity index (χ1v) is 11.9. The van der Waals surface area contributed by atoms with Crippen LogP contribution in [0.1, 0.15) is 13.8 Å². The summed E-state index contributed by atoms with van der Waals surface area (Å²) in [6.45, 7) is 5.13. The number of para-hydroxylation sites is 1. The van der Waals surface area contributed by atoms with Crippen LogP contribution in [0.5, 0.6) is 0 Å². The number of thioether (sulfide) groups is 1. The van der Waals surface area contributed by atoms with Crippen molar-refractivity contribution in [1.82, 2.24) is 25.1 Å². The van der Waals surface area contributed by atoms with E-state index in [-0.39, 0.29) is 17.7 Å². The van der Waals surface area contributed by atoms with E-state index >= 15 is 0 Å². The number of carbonyl (C=O) groups excluding carboxylic acids is 1. The minimum Gasteiger partial charge on any atom is -0.383 e. The van der Waals surface area contributed by atoms with Crippen molar-refractivity contribution in [2.45, 2.75) is 31.6 Å². The van der Waals surface area contributed by atoms with Crippen molar-refractivity contribution in [2.75, 3.05) is 19.5 Å². The predicted octanol–water partition coefficient (Wildman–Crippen LogP) is 4.42. The van der Waals surface area contributed by atoms with Gasteiger partial charge in [0.1, 0.15) is 0 Å². The Labute approximate surface area is 197 Å². The third kappa shape index (κ3) is 5.23. The number of pyridine rings is 1. The van der Waals surface area contributed by atoms with Gasteiger partial charge in [-0.1, -0.05) is 60.3 Å². The molecule has 1 amide bonds. The lowest BCUT2D eigenvalue weighted by Crippen LogP contribution is -2.36. The van der Waals surface area contributed by atoms with Crippen LogP contribution in [-0.2, 0) is 16.1 Å². The Kier molecular flexibility index (Phi) is 7.36. The fourth-order valence-corrected chi connectivity index (χ4v) is 4.55. The molecule has 0 aliphatic rings. The molecule has 0 aliphatic carbocycles. The number of hydrogen-bond donors (Lipinski definition) is 1. The average molecular weight is 462 g/mol. The van der Waals surface area contributed by atoms with Crippen molar-refractivity contribution in [3.05, 3.63) is 60.7 Å². The van der Waals surface area contributed by atoms with Crippen molar-refractivity contribution in [3.8, 4) is 22.6 Å². The van der Waals surface area contributed by atoms with Crippen LogP contribution in [-0.4, -0.2) is 51.2 Å². The third-order valence-corrected chi connectivity index (χ3v) is 6.18. The number of nitrogens with zero attached hydrogens (tertiary/aromatic N) is 4. The molecule has 0 saturated carbocycles. The fourth-order valence-electron chi connectivity index (χ4n) is 3.74. The number of hydrogen-bond acceptors (Lipinski definition) is 6. The van der Waals surface area contributed by atoms with Crippen molar-refractivity contribution in [2.24, 2.45) is 0 Å². The second-order valence-electron chi connectivity index (χ2n) is 7.70. The lowest BCUT2D eigenvalue weighted by atomic mass is 10.0. The summed E-state index contributed by atoms with van der Waals surface area (Å²) in [7, 11) is 1.62. The Morgan fingerprint density at radius 2 is 1.88 bits per heavy atom. The maximum absolute atomic E-state index is 12.3. The first-order chi connectivity index (χ1) is 16.1. The zero-order valence-electron chi connectivity index (χ0n) is 19.0. The van der Waals surface area contributed by atoms with E-state index in [1.165, 1.54) is 11.8 Å². The number of ether oxygens (including phenoxy) is 1. The van der Waals surface area contributed by atoms with Crippen molar-refractivity contribution >= 4 is 28.6 Å². The summed E-state index contributed by atoms with van der Waals surface area (Å²) in [5.41, 5.74) is 3.80. The highest BCUT2D eigenvalue weighted by Gasteiger charge is 2.18. The van der Waals surface area contributed by atoms with E-state index in [2.05, 4.69) is 46.7 Å². The largest absolute Gasteiger partial charge is 0.383 e.